The SMILES string of the molecule is Cc1ccc(C[C@@H](NC(=O)CCCCCNC(=O)OCc2ccccc2)C(=O)O)cc1. The second-order valence-electron chi connectivity index (χ2n) is 7.45. The summed E-state index contributed by atoms with van der Waals surface area (Å²) in [5.41, 5.74) is 2.88. The van der Waals surface area contributed by atoms with Crippen molar-refractivity contribution in [2.75, 3.05) is 6.54 Å². The van der Waals surface area contributed by atoms with E-state index in [1.54, 1.807) is 0 Å². The third kappa shape index (κ3) is 9.80. The fourth-order valence-corrected chi connectivity index (χ4v) is 2.98. The zero-order valence-electron chi connectivity index (χ0n) is 17.8. The van der Waals surface area contributed by atoms with E-state index in [1.807, 2.05) is 61.5 Å². The molecule has 0 spiro atoms. The maximum atomic E-state index is 12.1. The number of hydrogen-bond donors (Lipinski definition) is 3. The van der Waals surface area contributed by atoms with Gasteiger partial charge >= 0.3 is 12.1 Å². The summed E-state index contributed by atoms with van der Waals surface area (Å²) in [6, 6.07) is 16.1. The van der Waals surface area contributed by atoms with Gasteiger partial charge in [0, 0.05) is 19.4 Å². The van der Waals surface area contributed by atoms with E-state index in [2.05, 4.69) is 10.6 Å². The smallest absolute Gasteiger partial charge is 0.407 e. The van der Waals surface area contributed by atoms with E-state index < -0.39 is 18.1 Å². The molecule has 0 aliphatic heterocycles. The molecular weight excluding hydrogens is 396 g/mol. The average molecular weight is 427 g/mol. The summed E-state index contributed by atoms with van der Waals surface area (Å²) in [5.74, 6) is -1.33. The van der Waals surface area contributed by atoms with Gasteiger partial charge in [-0.25, -0.2) is 9.59 Å². The van der Waals surface area contributed by atoms with Gasteiger partial charge in [-0.2, -0.15) is 0 Å². The molecule has 2 rings (SSSR count). The number of carbonyl (C=O) groups is 3. The number of aryl methyl sites for hydroxylation is 1. The number of carbonyl (C=O) groups excluding carboxylic acids is 2. The topological polar surface area (TPSA) is 105 Å². The van der Waals surface area contributed by atoms with Gasteiger partial charge in [-0.1, -0.05) is 66.6 Å². The van der Waals surface area contributed by atoms with Crippen molar-refractivity contribution >= 4 is 18.0 Å². The van der Waals surface area contributed by atoms with E-state index in [0.717, 1.165) is 23.1 Å². The molecule has 2 amide bonds. The van der Waals surface area contributed by atoms with Crippen molar-refractivity contribution in [2.45, 2.75) is 51.7 Å². The van der Waals surface area contributed by atoms with Crippen LogP contribution in [0.2, 0.25) is 0 Å². The molecule has 0 bridgehead atoms. The highest BCUT2D eigenvalue weighted by molar-refractivity contribution is 5.83. The molecule has 0 heterocycles. The van der Waals surface area contributed by atoms with Gasteiger partial charge in [-0.05, 0) is 30.9 Å². The maximum Gasteiger partial charge on any atom is 0.407 e. The molecule has 0 saturated carbocycles. The number of carboxylic acid groups (broad SMARTS) is 1. The molecule has 0 radical (unpaired) electrons. The Hall–Kier alpha value is -3.35. The molecule has 3 N–H and O–H groups in total. The third-order valence-corrected chi connectivity index (χ3v) is 4.76. The second kappa shape index (κ2) is 13.1. The van der Waals surface area contributed by atoms with Crippen LogP contribution in [0.1, 0.15) is 42.4 Å². The summed E-state index contributed by atoms with van der Waals surface area (Å²) in [4.78, 5) is 35.2. The summed E-state index contributed by atoms with van der Waals surface area (Å²) in [6.07, 6.45) is 2.08. The minimum absolute atomic E-state index is 0.222. The average Bonchev–Trinajstić information content (AvgIpc) is 2.76. The van der Waals surface area contributed by atoms with Gasteiger partial charge in [0.1, 0.15) is 12.6 Å². The highest BCUT2D eigenvalue weighted by Crippen LogP contribution is 2.08. The van der Waals surface area contributed by atoms with Gasteiger partial charge in [0.05, 0.1) is 0 Å². The number of aliphatic carboxylic acids is 1. The summed E-state index contributed by atoms with van der Waals surface area (Å²) in [6.45, 7) is 2.64. The standard InChI is InChI=1S/C24H30N2O5/c1-18-11-13-19(14-12-18)16-21(23(28)29)26-22(27)10-6-3-7-15-25-24(30)31-17-20-8-4-2-5-9-20/h2,4-5,8-9,11-14,21H,3,6-7,10,15-17H2,1H3,(H,25,30)(H,26,27)(H,28,29)/t21-/m1/s1. The third-order valence-electron chi connectivity index (χ3n) is 4.76. The molecule has 0 aliphatic rings. The van der Waals surface area contributed by atoms with E-state index in [9.17, 15) is 19.5 Å². The predicted octanol–water partition coefficient (Wildman–Crippen LogP) is 3.59. The molecular formula is C24H30N2O5. The number of amides is 2. The lowest BCUT2D eigenvalue weighted by atomic mass is 10.0. The quantitative estimate of drug-likeness (QED) is 0.450. The lowest BCUT2D eigenvalue weighted by Gasteiger charge is -2.15. The van der Waals surface area contributed by atoms with E-state index >= 15 is 0 Å². The van der Waals surface area contributed by atoms with Crippen LogP contribution in [0.4, 0.5) is 4.79 Å². The summed E-state index contributed by atoms with van der Waals surface area (Å²) in [7, 11) is 0. The van der Waals surface area contributed by atoms with Gasteiger partial charge in [-0.15, -0.1) is 0 Å². The van der Waals surface area contributed by atoms with E-state index in [1.165, 1.54) is 0 Å². The van der Waals surface area contributed by atoms with E-state index in [0.29, 0.717) is 19.4 Å². The van der Waals surface area contributed by atoms with Gasteiger partial charge < -0.3 is 20.5 Å². The molecule has 7 heteroatoms. The maximum absolute atomic E-state index is 12.1. The Morgan fingerprint density at radius 1 is 0.935 bits per heavy atom. The monoisotopic (exact) mass is 426 g/mol. The molecule has 7 nitrogen and oxygen atoms in total. The number of hydrogen-bond acceptors (Lipinski definition) is 4. The molecule has 0 saturated heterocycles. The van der Waals surface area contributed by atoms with Crippen molar-refractivity contribution in [1.29, 1.82) is 0 Å². The van der Waals surface area contributed by atoms with E-state index in [4.69, 9.17) is 4.74 Å². The number of carboxylic acids is 1. The molecule has 1 atom stereocenters. The Morgan fingerprint density at radius 2 is 1.65 bits per heavy atom. The Kier molecular flexibility index (Phi) is 10.1. The Balaban J connectivity index is 1.57. The zero-order valence-corrected chi connectivity index (χ0v) is 17.8. The van der Waals surface area contributed by atoms with Crippen LogP contribution in [-0.2, 0) is 27.4 Å². The summed E-state index contributed by atoms with van der Waals surface area (Å²) in [5, 5.41) is 14.7. The number of ether oxygens (including phenoxy) is 1. The van der Waals surface area contributed by atoms with Crippen molar-refractivity contribution in [3.8, 4) is 0 Å². The fraction of sp³-hybridized carbons (Fsp3) is 0.375. The molecule has 166 valence electrons. The van der Waals surface area contributed by atoms with Crippen LogP contribution >= 0.6 is 0 Å². The minimum Gasteiger partial charge on any atom is -0.480 e. The van der Waals surface area contributed by atoms with E-state index in [-0.39, 0.29) is 25.4 Å². The van der Waals surface area contributed by atoms with Crippen molar-refractivity contribution in [3.63, 3.8) is 0 Å². The first-order valence-corrected chi connectivity index (χ1v) is 10.5. The molecule has 2 aromatic rings. The van der Waals surface area contributed by atoms with Gasteiger partial charge in [0.25, 0.3) is 0 Å². The van der Waals surface area contributed by atoms with Crippen LogP contribution in [0, 0.1) is 6.92 Å². The van der Waals surface area contributed by atoms with Gasteiger partial charge in [0.2, 0.25) is 5.91 Å². The fourth-order valence-electron chi connectivity index (χ4n) is 2.98. The molecule has 0 aromatic heterocycles. The predicted molar refractivity (Wildman–Crippen MR) is 118 cm³/mol. The van der Waals surface area contributed by atoms with Crippen molar-refractivity contribution in [3.05, 3.63) is 71.3 Å². The van der Waals surface area contributed by atoms with Crippen LogP contribution in [0.3, 0.4) is 0 Å². The number of benzene rings is 2. The van der Waals surface area contributed by atoms with Crippen molar-refractivity contribution in [2.24, 2.45) is 0 Å². The van der Waals surface area contributed by atoms with Gasteiger partial charge in [-0.3, -0.25) is 4.79 Å². The van der Waals surface area contributed by atoms with Crippen LogP contribution in [0.25, 0.3) is 0 Å². The van der Waals surface area contributed by atoms with Gasteiger partial charge in [0.15, 0.2) is 0 Å². The Bertz CT molecular complexity index is 837. The lowest BCUT2D eigenvalue weighted by molar-refractivity contribution is -0.141. The summed E-state index contributed by atoms with van der Waals surface area (Å²) < 4.78 is 5.12. The minimum atomic E-state index is -1.05. The largest absolute Gasteiger partial charge is 0.480 e. The number of unbranched alkanes of at least 4 members (excludes halogenated alkanes) is 2. The first kappa shape index (κ1) is 23.9. The number of alkyl carbamates (subject to hydrolysis) is 1. The Labute approximate surface area is 182 Å². The first-order chi connectivity index (χ1) is 14.9. The first-order valence-electron chi connectivity index (χ1n) is 10.5. The Morgan fingerprint density at radius 3 is 2.32 bits per heavy atom. The van der Waals surface area contributed by atoms with Crippen molar-refractivity contribution < 1.29 is 24.2 Å². The number of rotatable bonds is 12. The molecule has 31 heavy (non-hydrogen) atoms. The lowest BCUT2D eigenvalue weighted by Crippen LogP contribution is -2.42. The van der Waals surface area contributed by atoms with Crippen LogP contribution < -0.4 is 10.6 Å². The van der Waals surface area contributed by atoms with Crippen LogP contribution in [0.5, 0.6) is 0 Å². The number of nitrogens with one attached hydrogen (secondary N) is 2. The second-order valence-corrected chi connectivity index (χ2v) is 7.45. The van der Waals surface area contributed by atoms with Crippen molar-refractivity contribution in [1.82, 2.24) is 10.6 Å². The highest BCUT2D eigenvalue weighted by Gasteiger charge is 2.20. The van der Waals surface area contributed by atoms with Crippen LogP contribution in [-0.4, -0.2) is 35.7 Å². The summed E-state index contributed by atoms with van der Waals surface area (Å²) >= 11 is 0. The zero-order chi connectivity index (χ0) is 22.5. The highest BCUT2D eigenvalue weighted by atomic mass is 16.5. The molecule has 2 aromatic carbocycles. The molecule has 0 fully saturated rings. The van der Waals surface area contributed by atoms with Crippen LogP contribution in [0.15, 0.2) is 54.6 Å². The molecule has 0 aliphatic carbocycles. The molecule has 0 unspecified atom stereocenters. The normalized spacial score (nSPS) is 11.4.